The number of cyclic esters (lactones) is 1. The summed E-state index contributed by atoms with van der Waals surface area (Å²) in [5.41, 5.74) is 0.0333. The van der Waals surface area contributed by atoms with Gasteiger partial charge in [0.15, 0.2) is 14.4 Å². The van der Waals surface area contributed by atoms with Gasteiger partial charge in [0.05, 0.1) is 30.1 Å². The smallest absolute Gasteiger partial charge is 0.335 e. The third-order valence-corrected chi connectivity index (χ3v) is 14.7. The van der Waals surface area contributed by atoms with Crippen molar-refractivity contribution in [1.29, 1.82) is 5.26 Å². The van der Waals surface area contributed by atoms with E-state index in [2.05, 4.69) is 52.1 Å². The summed E-state index contributed by atoms with van der Waals surface area (Å²) >= 11 is 0. The number of carbonyl (C=O) groups excluding carboxylic acids is 2. The van der Waals surface area contributed by atoms with Gasteiger partial charge in [-0.3, -0.25) is 4.79 Å². The van der Waals surface area contributed by atoms with E-state index in [4.69, 9.17) is 18.6 Å². The zero-order chi connectivity index (χ0) is 28.4. The van der Waals surface area contributed by atoms with E-state index in [1.54, 1.807) is 0 Å². The normalized spacial score (nSPS) is 43.4. The predicted molar refractivity (Wildman–Crippen MR) is 146 cm³/mol. The summed E-state index contributed by atoms with van der Waals surface area (Å²) in [6.45, 7) is 18.8. The van der Waals surface area contributed by atoms with E-state index in [0.717, 1.165) is 5.57 Å². The van der Waals surface area contributed by atoms with Crippen LogP contribution in [0.3, 0.4) is 0 Å². The second kappa shape index (κ2) is 9.99. The summed E-state index contributed by atoms with van der Waals surface area (Å²) in [6, 6.07) is 2.36. The van der Waals surface area contributed by atoms with Crippen molar-refractivity contribution in [3.8, 4) is 6.07 Å². The summed E-state index contributed by atoms with van der Waals surface area (Å²) in [6.07, 6.45) is 4.50. The number of esters is 1. The molecule has 8 heteroatoms. The molecule has 2 heterocycles. The molecule has 38 heavy (non-hydrogen) atoms. The fourth-order valence-electron chi connectivity index (χ4n) is 7.01. The van der Waals surface area contributed by atoms with Gasteiger partial charge in [0.2, 0.25) is 0 Å². The second-order valence-corrected chi connectivity index (χ2v) is 18.2. The van der Waals surface area contributed by atoms with Crippen LogP contribution in [0, 0.1) is 46.8 Å². The molecule has 0 aromatic carbocycles. The molecule has 1 spiro atoms. The molecule has 4 aliphatic rings. The van der Waals surface area contributed by atoms with E-state index in [-0.39, 0.29) is 40.8 Å². The van der Waals surface area contributed by atoms with E-state index >= 15 is 0 Å². The van der Waals surface area contributed by atoms with Crippen molar-refractivity contribution in [3.05, 3.63) is 23.8 Å². The molecule has 0 N–H and O–H groups in total. The minimum Gasteiger partial charge on any atom is -0.457 e. The molecule has 4 rings (SSSR count). The summed E-state index contributed by atoms with van der Waals surface area (Å²) in [5.74, 6) is -2.25. The van der Waals surface area contributed by atoms with Gasteiger partial charge in [-0.2, -0.15) is 5.26 Å². The van der Waals surface area contributed by atoms with Crippen LogP contribution >= 0.6 is 0 Å². The number of nitriles is 1. The van der Waals surface area contributed by atoms with Gasteiger partial charge in [0.25, 0.3) is 0 Å². The molecule has 210 valence electrons. The maximum Gasteiger partial charge on any atom is 0.335 e. The zero-order valence-corrected chi connectivity index (χ0v) is 25.6. The lowest BCUT2D eigenvalue weighted by atomic mass is 9.57. The van der Waals surface area contributed by atoms with Crippen LogP contribution in [-0.4, -0.2) is 57.2 Å². The van der Waals surface area contributed by atoms with Crippen molar-refractivity contribution in [1.82, 2.24) is 0 Å². The molecule has 2 aliphatic carbocycles. The largest absolute Gasteiger partial charge is 0.457 e. The highest BCUT2D eigenvalue weighted by Crippen LogP contribution is 2.60. The number of hydrogen-bond acceptors (Lipinski definition) is 7. The van der Waals surface area contributed by atoms with Gasteiger partial charge >= 0.3 is 5.97 Å². The fourth-order valence-corrected chi connectivity index (χ4v) is 8.43. The Morgan fingerprint density at radius 2 is 1.87 bits per heavy atom. The molecule has 7 nitrogen and oxygen atoms in total. The molecule has 0 radical (unpaired) electrons. The number of methoxy groups -OCH3 is 1. The zero-order valence-electron chi connectivity index (χ0n) is 24.6. The molecule has 2 fully saturated rings. The van der Waals surface area contributed by atoms with Crippen molar-refractivity contribution in [2.45, 2.75) is 103 Å². The summed E-state index contributed by atoms with van der Waals surface area (Å²) in [7, 11) is -0.622. The van der Waals surface area contributed by atoms with E-state index in [1.807, 2.05) is 33.8 Å². The lowest BCUT2D eigenvalue weighted by Crippen LogP contribution is -2.54. The average Bonchev–Trinajstić information content (AvgIpc) is 3.01. The minimum atomic E-state index is -2.14. The Balaban J connectivity index is 1.80. The van der Waals surface area contributed by atoms with Crippen LogP contribution in [0.25, 0.3) is 0 Å². The first kappa shape index (κ1) is 29.2. The lowest BCUT2D eigenvalue weighted by molar-refractivity contribution is -0.171. The van der Waals surface area contributed by atoms with Crippen LogP contribution in [0.5, 0.6) is 0 Å². The Morgan fingerprint density at radius 3 is 2.45 bits per heavy atom. The van der Waals surface area contributed by atoms with Crippen molar-refractivity contribution in [2.24, 2.45) is 35.5 Å². The minimum absolute atomic E-state index is 0.00442. The molecule has 4 bridgehead atoms. The van der Waals surface area contributed by atoms with Crippen molar-refractivity contribution < 1.29 is 28.2 Å². The van der Waals surface area contributed by atoms with Crippen LogP contribution in [0.1, 0.15) is 54.9 Å². The molecule has 1 saturated heterocycles. The molecule has 0 aromatic heterocycles. The van der Waals surface area contributed by atoms with Gasteiger partial charge in [-0.1, -0.05) is 52.8 Å². The number of ether oxygens (including phenoxy) is 3. The Hall–Kier alpha value is -1.79. The van der Waals surface area contributed by atoms with Crippen LogP contribution in [0.2, 0.25) is 18.1 Å². The maximum absolute atomic E-state index is 13.8. The Morgan fingerprint density at radius 1 is 1.21 bits per heavy atom. The monoisotopic (exact) mass is 543 g/mol. The first-order valence-corrected chi connectivity index (χ1v) is 16.9. The number of Topliss-reactive ketones (excluding diaryl/α,β-unsaturated/α-hetero) is 1. The molecular formula is C30H45NO6Si. The van der Waals surface area contributed by atoms with Gasteiger partial charge < -0.3 is 18.6 Å². The number of nitrogens with zero attached hydrogens (tertiary/aromatic N) is 1. The molecule has 0 amide bonds. The molecule has 2 unspecified atom stereocenters. The Bertz CT molecular complexity index is 1070. The first-order valence-electron chi connectivity index (χ1n) is 14.0. The highest BCUT2D eigenvalue weighted by Gasteiger charge is 2.68. The molecule has 1 saturated carbocycles. The Labute approximate surface area is 229 Å². The summed E-state index contributed by atoms with van der Waals surface area (Å²) in [4.78, 5) is 27.3. The van der Waals surface area contributed by atoms with Crippen LogP contribution < -0.4 is 0 Å². The number of carbonyl (C=O) groups is 2. The predicted octanol–water partition coefficient (Wildman–Crippen LogP) is 5.22. The fraction of sp³-hybridized carbons (Fsp3) is 0.767. The van der Waals surface area contributed by atoms with Crippen molar-refractivity contribution in [2.75, 3.05) is 7.11 Å². The Kier molecular flexibility index (Phi) is 7.68. The van der Waals surface area contributed by atoms with Crippen LogP contribution in [-0.2, 0) is 28.2 Å². The maximum atomic E-state index is 13.8. The number of ketones is 1. The van der Waals surface area contributed by atoms with Crippen LogP contribution in [0.4, 0.5) is 0 Å². The van der Waals surface area contributed by atoms with E-state index in [1.165, 1.54) is 7.11 Å². The van der Waals surface area contributed by atoms with Gasteiger partial charge in [0.1, 0.15) is 17.5 Å². The lowest BCUT2D eigenvalue weighted by Gasteiger charge is -2.46. The van der Waals surface area contributed by atoms with E-state index in [9.17, 15) is 14.9 Å². The van der Waals surface area contributed by atoms with Crippen molar-refractivity contribution >= 4 is 20.1 Å². The third kappa shape index (κ3) is 4.44. The van der Waals surface area contributed by atoms with Gasteiger partial charge in [-0.25, -0.2) is 4.79 Å². The standard InChI is InChI=1S/C30H45NO6Si/c1-16-13-17(2)30-20(11-12-21-24(30)25(32)18(3)22(15-31)27(21)36-30)14-23(34-8)28(33)35-26(16)19(4)37-38(9,10)29(5,6)7/h11-13,16,18-24,26-27H,14H2,1-10H3/b17-13+/t16-,18?,19?,20-,21-,22-,23+,24+,26+,27-,30+/m1/s1. The first-order chi connectivity index (χ1) is 17.6. The highest BCUT2D eigenvalue weighted by atomic mass is 28.4. The molecule has 0 aromatic rings. The average molecular weight is 544 g/mol. The van der Waals surface area contributed by atoms with Crippen LogP contribution in [0.15, 0.2) is 23.8 Å². The molecular weight excluding hydrogens is 498 g/mol. The summed E-state index contributed by atoms with van der Waals surface area (Å²) < 4.78 is 25.4. The van der Waals surface area contributed by atoms with E-state index < -0.39 is 49.8 Å². The topological polar surface area (TPSA) is 94.8 Å². The number of rotatable bonds is 4. The van der Waals surface area contributed by atoms with Gasteiger partial charge in [0, 0.05) is 30.8 Å². The van der Waals surface area contributed by atoms with E-state index in [0.29, 0.717) is 6.42 Å². The molecule has 2 aliphatic heterocycles. The SMILES string of the molecule is CO[C@H]1C[C@H]2C=C[C@H]3[C@H]4O[C@]2(/C(C)=C/[C@@H](C)[C@@H](C(C)O[Si](C)(C)C(C)(C)C)OC1=O)[C@@H]3C(=O)C(C)[C@H]4C#N. The van der Waals surface area contributed by atoms with Crippen molar-refractivity contribution in [3.63, 3.8) is 0 Å². The third-order valence-electron chi connectivity index (χ3n) is 10.1. The highest BCUT2D eigenvalue weighted by molar-refractivity contribution is 6.74. The quantitative estimate of drug-likeness (QED) is 0.272. The van der Waals surface area contributed by atoms with Gasteiger partial charge in [-0.15, -0.1) is 0 Å². The van der Waals surface area contributed by atoms with Gasteiger partial charge in [-0.05, 0) is 44.0 Å². The second-order valence-electron chi connectivity index (χ2n) is 13.4. The number of hydrogen-bond donors (Lipinski definition) is 0. The molecule has 11 atom stereocenters. The summed E-state index contributed by atoms with van der Waals surface area (Å²) in [5, 5.41) is 9.96.